The highest BCUT2D eigenvalue weighted by atomic mass is 35.5. The maximum atomic E-state index is 12.2. The molecule has 0 bridgehead atoms. The Morgan fingerprint density at radius 3 is 2.57 bits per heavy atom. The first-order valence-corrected chi connectivity index (χ1v) is 7.27. The minimum Gasteiger partial charge on any atom is -0.508 e. The molecule has 7 heteroatoms. The molecule has 2 amide bonds. The van der Waals surface area contributed by atoms with E-state index in [9.17, 15) is 19.8 Å². The van der Waals surface area contributed by atoms with Crippen LogP contribution in [0.4, 0.5) is 0 Å². The van der Waals surface area contributed by atoms with Crippen molar-refractivity contribution >= 4 is 23.4 Å². The Hall–Kier alpha value is -2.73. The van der Waals surface area contributed by atoms with Crippen molar-refractivity contribution in [1.82, 2.24) is 10.4 Å². The van der Waals surface area contributed by atoms with Gasteiger partial charge in [-0.25, -0.2) is 5.01 Å². The summed E-state index contributed by atoms with van der Waals surface area (Å²) in [7, 11) is 0. The fourth-order valence-corrected chi connectivity index (χ4v) is 2.80. The highest BCUT2D eigenvalue weighted by Crippen LogP contribution is 2.38. The lowest BCUT2D eigenvalue weighted by atomic mass is 9.95. The first kappa shape index (κ1) is 15.2. The van der Waals surface area contributed by atoms with Gasteiger partial charge in [0.2, 0.25) is 0 Å². The Bertz CT molecular complexity index is 780. The molecule has 0 unspecified atom stereocenters. The summed E-state index contributed by atoms with van der Waals surface area (Å²) in [5.41, 5.74) is 3.09. The molecule has 23 heavy (non-hydrogen) atoms. The van der Waals surface area contributed by atoms with Crippen LogP contribution in [0.25, 0.3) is 0 Å². The number of para-hydroxylation sites is 1. The Morgan fingerprint density at radius 1 is 1.13 bits per heavy atom. The predicted molar refractivity (Wildman–Crippen MR) is 82.9 cm³/mol. The number of alkyl halides is 1. The van der Waals surface area contributed by atoms with Crippen molar-refractivity contribution in [2.45, 2.75) is 11.4 Å². The summed E-state index contributed by atoms with van der Waals surface area (Å²) in [6.45, 7) is 0. The number of halogens is 1. The second-order valence-electron chi connectivity index (χ2n) is 5.11. The van der Waals surface area contributed by atoms with Crippen LogP contribution < -0.4 is 5.43 Å². The van der Waals surface area contributed by atoms with Crippen LogP contribution in [-0.2, 0) is 4.79 Å². The van der Waals surface area contributed by atoms with Gasteiger partial charge in [0.25, 0.3) is 11.8 Å². The summed E-state index contributed by atoms with van der Waals surface area (Å²) in [4.78, 5) is 24.1. The van der Waals surface area contributed by atoms with Gasteiger partial charge in [-0.15, -0.1) is 11.6 Å². The van der Waals surface area contributed by atoms with Gasteiger partial charge < -0.3 is 10.2 Å². The van der Waals surface area contributed by atoms with Gasteiger partial charge in [0.1, 0.15) is 22.9 Å². The number of nitrogens with zero attached hydrogens (tertiary/aromatic N) is 1. The van der Waals surface area contributed by atoms with Gasteiger partial charge in [0.05, 0.1) is 5.56 Å². The molecule has 0 saturated carbocycles. The van der Waals surface area contributed by atoms with Crippen LogP contribution in [0.1, 0.15) is 22.0 Å². The Balaban J connectivity index is 1.82. The van der Waals surface area contributed by atoms with E-state index in [2.05, 4.69) is 5.43 Å². The first-order chi connectivity index (χ1) is 11.0. The zero-order valence-corrected chi connectivity index (χ0v) is 12.6. The third-order valence-corrected chi connectivity index (χ3v) is 4.04. The molecule has 1 heterocycles. The van der Waals surface area contributed by atoms with Gasteiger partial charge in [0, 0.05) is 0 Å². The number of carbonyl (C=O) groups is 2. The largest absolute Gasteiger partial charge is 0.508 e. The molecule has 1 aliphatic heterocycles. The third-order valence-electron chi connectivity index (χ3n) is 3.61. The molecule has 2 aromatic rings. The van der Waals surface area contributed by atoms with Crippen LogP contribution in [0.3, 0.4) is 0 Å². The maximum absolute atomic E-state index is 12.2. The summed E-state index contributed by atoms with van der Waals surface area (Å²) in [5.74, 6) is -1.22. The highest BCUT2D eigenvalue weighted by Gasteiger charge is 2.48. The summed E-state index contributed by atoms with van der Waals surface area (Å²) in [6, 6.07) is 11.7. The number of aromatic hydroxyl groups is 2. The predicted octanol–water partition coefficient (Wildman–Crippen LogP) is 1.93. The highest BCUT2D eigenvalue weighted by molar-refractivity contribution is 6.33. The lowest BCUT2D eigenvalue weighted by molar-refractivity contribution is -0.149. The van der Waals surface area contributed by atoms with E-state index < -0.39 is 23.2 Å². The summed E-state index contributed by atoms with van der Waals surface area (Å²) >= 11 is 6.03. The number of benzene rings is 2. The van der Waals surface area contributed by atoms with Crippen LogP contribution >= 0.6 is 11.6 Å². The second-order valence-corrected chi connectivity index (χ2v) is 5.58. The summed E-state index contributed by atoms with van der Waals surface area (Å²) in [6.07, 6.45) is 0. The van der Waals surface area contributed by atoms with Crippen LogP contribution in [0.15, 0.2) is 48.5 Å². The van der Waals surface area contributed by atoms with Gasteiger partial charge in [-0.3, -0.25) is 15.0 Å². The van der Waals surface area contributed by atoms with Crippen molar-refractivity contribution in [1.29, 1.82) is 0 Å². The van der Waals surface area contributed by atoms with E-state index in [4.69, 9.17) is 11.6 Å². The maximum Gasteiger partial charge on any atom is 0.273 e. The zero-order chi connectivity index (χ0) is 16.6. The van der Waals surface area contributed by atoms with Crippen molar-refractivity contribution in [3.05, 3.63) is 59.7 Å². The quantitative estimate of drug-likeness (QED) is 0.592. The van der Waals surface area contributed by atoms with Gasteiger partial charge in [-0.1, -0.05) is 24.3 Å². The molecule has 118 valence electrons. The van der Waals surface area contributed by atoms with Crippen molar-refractivity contribution in [3.8, 4) is 11.5 Å². The van der Waals surface area contributed by atoms with E-state index in [1.807, 2.05) is 0 Å². The first-order valence-electron chi connectivity index (χ1n) is 6.84. The van der Waals surface area contributed by atoms with Crippen LogP contribution in [0.2, 0.25) is 0 Å². The number of phenolic OH excluding ortho intramolecular Hbond substituents is 2. The van der Waals surface area contributed by atoms with Crippen molar-refractivity contribution in [2.75, 3.05) is 0 Å². The lowest BCUT2D eigenvalue weighted by Gasteiger charge is -2.43. The van der Waals surface area contributed by atoms with Gasteiger partial charge in [0.15, 0.2) is 0 Å². The van der Waals surface area contributed by atoms with E-state index >= 15 is 0 Å². The van der Waals surface area contributed by atoms with E-state index in [-0.39, 0.29) is 17.1 Å². The molecule has 2 atom stereocenters. The Morgan fingerprint density at radius 2 is 1.87 bits per heavy atom. The molecule has 2 aromatic carbocycles. The fraction of sp³-hybridized carbons (Fsp3) is 0.125. The van der Waals surface area contributed by atoms with Crippen molar-refractivity contribution in [3.63, 3.8) is 0 Å². The monoisotopic (exact) mass is 332 g/mol. The van der Waals surface area contributed by atoms with Crippen LogP contribution in [-0.4, -0.2) is 32.4 Å². The normalized spacial score (nSPS) is 20.0. The molecule has 1 aliphatic rings. The van der Waals surface area contributed by atoms with Gasteiger partial charge in [-0.05, 0) is 29.8 Å². The SMILES string of the molecule is O=C(NN1C(=O)[C@H](Cl)[C@@H]1c1cccc(O)c1)c1ccccc1O. The molecule has 6 nitrogen and oxygen atoms in total. The van der Waals surface area contributed by atoms with Gasteiger partial charge >= 0.3 is 0 Å². The van der Waals surface area contributed by atoms with Crippen molar-refractivity contribution in [2.24, 2.45) is 0 Å². The second kappa shape index (κ2) is 5.81. The molecule has 1 saturated heterocycles. The molecule has 0 aliphatic carbocycles. The number of carbonyl (C=O) groups excluding carboxylic acids is 2. The number of hydrogen-bond donors (Lipinski definition) is 3. The number of rotatable bonds is 3. The number of phenols is 2. The third kappa shape index (κ3) is 2.68. The molecular formula is C16H13ClN2O4. The lowest BCUT2D eigenvalue weighted by Crippen LogP contribution is -2.63. The number of hydrogen-bond acceptors (Lipinski definition) is 4. The molecule has 0 aromatic heterocycles. The average Bonchev–Trinajstić information content (AvgIpc) is 2.54. The smallest absolute Gasteiger partial charge is 0.273 e. The van der Waals surface area contributed by atoms with Crippen molar-refractivity contribution < 1.29 is 19.8 Å². The summed E-state index contributed by atoms with van der Waals surface area (Å²) < 4.78 is 0. The van der Waals surface area contributed by atoms with E-state index in [1.54, 1.807) is 24.3 Å². The van der Waals surface area contributed by atoms with E-state index in [1.165, 1.54) is 24.3 Å². The fourth-order valence-electron chi connectivity index (χ4n) is 2.44. The average molecular weight is 333 g/mol. The number of β-lactam (4-membered cyclic amide) rings is 1. The minimum atomic E-state index is -0.832. The number of amides is 2. The molecule has 0 spiro atoms. The Kier molecular flexibility index (Phi) is 3.83. The molecule has 0 radical (unpaired) electrons. The zero-order valence-electron chi connectivity index (χ0n) is 11.8. The molecule has 3 rings (SSSR count). The topological polar surface area (TPSA) is 89.9 Å². The standard InChI is InChI=1S/C16H13ClN2O4/c17-13-14(9-4-3-5-10(20)8-9)19(16(13)23)18-15(22)11-6-1-2-7-12(11)21/h1-8,13-14,20-21H,(H,18,22)/t13-,14+/m1/s1. The molecule has 1 fully saturated rings. The number of hydrazine groups is 1. The minimum absolute atomic E-state index is 0.0395. The van der Waals surface area contributed by atoms with E-state index in [0.717, 1.165) is 5.01 Å². The molecular weight excluding hydrogens is 320 g/mol. The Labute approximate surface area is 136 Å². The molecule has 3 N–H and O–H groups in total. The number of nitrogens with one attached hydrogen (secondary N) is 1. The summed E-state index contributed by atoms with van der Waals surface area (Å²) in [5, 5.41) is 19.5. The van der Waals surface area contributed by atoms with Crippen LogP contribution in [0, 0.1) is 0 Å². The van der Waals surface area contributed by atoms with Crippen LogP contribution in [0.5, 0.6) is 11.5 Å². The van der Waals surface area contributed by atoms with E-state index in [0.29, 0.717) is 5.56 Å². The van der Waals surface area contributed by atoms with Gasteiger partial charge in [-0.2, -0.15) is 0 Å².